The van der Waals surface area contributed by atoms with Crippen molar-refractivity contribution < 1.29 is 9.59 Å². The summed E-state index contributed by atoms with van der Waals surface area (Å²) in [5.41, 5.74) is 3.19. The number of hydrogen-bond donors (Lipinski definition) is 1. The molecule has 5 rings (SSSR count). The number of anilines is 2. The van der Waals surface area contributed by atoms with Gasteiger partial charge >= 0.3 is 0 Å². The van der Waals surface area contributed by atoms with Gasteiger partial charge in [-0.25, -0.2) is 4.98 Å². The average Bonchev–Trinajstić information content (AvgIpc) is 3.01. The van der Waals surface area contributed by atoms with Gasteiger partial charge in [-0.2, -0.15) is 0 Å². The van der Waals surface area contributed by atoms with Crippen LogP contribution in [0.15, 0.2) is 95.0 Å². The first-order valence-electron chi connectivity index (χ1n) is 10.4. The molecule has 34 heavy (non-hydrogen) atoms. The third kappa shape index (κ3) is 4.53. The van der Waals surface area contributed by atoms with Crippen LogP contribution in [0.5, 0.6) is 0 Å². The number of aromatic nitrogens is 1. The number of hydrogen-bond acceptors (Lipinski definition) is 4. The van der Waals surface area contributed by atoms with Gasteiger partial charge in [-0.3, -0.25) is 9.59 Å². The van der Waals surface area contributed by atoms with Crippen LogP contribution < -0.4 is 10.2 Å². The maximum absolute atomic E-state index is 13.5. The SMILES string of the molecule is O=C(Nc1ccc(C(=O)N2Cc3ccccc3Sc3ncccc32)cc1)c1ccc(Cl)cc1Cl. The predicted molar refractivity (Wildman–Crippen MR) is 136 cm³/mol. The average molecular weight is 506 g/mol. The zero-order valence-corrected chi connectivity index (χ0v) is 20.0. The molecule has 8 heteroatoms. The first kappa shape index (κ1) is 22.5. The molecule has 0 spiro atoms. The minimum Gasteiger partial charge on any atom is -0.322 e. The number of nitrogens with one attached hydrogen (secondary N) is 1. The second kappa shape index (κ2) is 9.50. The fraction of sp³-hybridized carbons (Fsp3) is 0.0385. The number of halogens is 2. The van der Waals surface area contributed by atoms with Crippen molar-refractivity contribution in [3.05, 3.63) is 112 Å². The van der Waals surface area contributed by atoms with Gasteiger partial charge in [-0.1, -0.05) is 53.2 Å². The van der Waals surface area contributed by atoms with Gasteiger partial charge in [0.1, 0.15) is 5.03 Å². The summed E-state index contributed by atoms with van der Waals surface area (Å²) >= 11 is 13.6. The van der Waals surface area contributed by atoms with E-state index in [0.717, 1.165) is 21.2 Å². The first-order chi connectivity index (χ1) is 16.5. The Labute approximate surface area is 210 Å². The fourth-order valence-corrected chi connectivity index (χ4v) is 5.17. The van der Waals surface area contributed by atoms with Crippen molar-refractivity contribution in [3.8, 4) is 0 Å². The Morgan fingerprint density at radius 2 is 1.74 bits per heavy atom. The van der Waals surface area contributed by atoms with Gasteiger partial charge in [0.2, 0.25) is 0 Å². The van der Waals surface area contributed by atoms with Crippen molar-refractivity contribution in [3.63, 3.8) is 0 Å². The Bertz CT molecular complexity index is 1410. The maximum Gasteiger partial charge on any atom is 0.258 e. The molecule has 1 aliphatic rings. The maximum atomic E-state index is 13.5. The van der Waals surface area contributed by atoms with E-state index < -0.39 is 0 Å². The van der Waals surface area contributed by atoms with Crippen LogP contribution in [0.25, 0.3) is 0 Å². The molecule has 0 atom stereocenters. The molecule has 0 unspecified atom stereocenters. The molecule has 1 aliphatic heterocycles. The van der Waals surface area contributed by atoms with E-state index in [-0.39, 0.29) is 16.8 Å². The molecule has 0 saturated carbocycles. The molecule has 0 saturated heterocycles. The molecule has 0 fully saturated rings. The van der Waals surface area contributed by atoms with Gasteiger partial charge in [0.15, 0.2) is 0 Å². The normalized spacial score (nSPS) is 12.4. The van der Waals surface area contributed by atoms with Crippen molar-refractivity contribution >= 4 is 58.2 Å². The van der Waals surface area contributed by atoms with Crippen LogP contribution in [0, 0.1) is 0 Å². The van der Waals surface area contributed by atoms with E-state index in [2.05, 4.69) is 10.3 Å². The monoisotopic (exact) mass is 505 g/mol. The molecule has 2 heterocycles. The van der Waals surface area contributed by atoms with Crippen molar-refractivity contribution in [2.45, 2.75) is 16.5 Å². The Morgan fingerprint density at radius 3 is 2.53 bits per heavy atom. The van der Waals surface area contributed by atoms with E-state index in [1.54, 1.807) is 59.3 Å². The Hall–Kier alpha value is -3.32. The number of carbonyl (C=O) groups excluding carboxylic acids is 2. The highest BCUT2D eigenvalue weighted by Crippen LogP contribution is 2.40. The van der Waals surface area contributed by atoms with Crippen molar-refractivity contribution in [1.82, 2.24) is 4.98 Å². The number of fused-ring (bicyclic) bond motifs is 2. The third-order valence-corrected chi connectivity index (χ3v) is 7.03. The molecular formula is C26H17Cl2N3O2S. The Morgan fingerprint density at radius 1 is 0.941 bits per heavy atom. The number of carbonyl (C=O) groups is 2. The molecule has 168 valence electrons. The summed E-state index contributed by atoms with van der Waals surface area (Å²) in [6, 6.07) is 23.2. The molecule has 5 nitrogen and oxygen atoms in total. The Balaban J connectivity index is 1.39. The van der Waals surface area contributed by atoms with Gasteiger partial charge in [-0.05, 0) is 66.2 Å². The highest BCUT2D eigenvalue weighted by molar-refractivity contribution is 7.99. The number of benzene rings is 3. The van der Waals surface area contributed by atoms with Crippen LogP contribution >= 0.6 is 35.0 Å². The number of rotatable bonds is 3. The zero-order valence-electron chi connectivity index (χ0n) is 17.7. The smallest absolute Gasteiger partial charge is 0.258 e. The van der Waals surface area contributed by atoms with E-state index >= 15 is 0 Å². The predicted octanol–water partition coefficient (Wildman–Crippen LogP) is 6.95. The number of nitrogens with zero attached hydrogens (tertiary/aromatic N) is 2. The number of pyridine rings is 1. The highest BCUT2D eigenvalue weighted by Gasteiger charge is 2.26. The summed E-state index contributed by atoms with van der Waals surface area (Å²) in [6.45, 7) is 0.439. The van der Waals surface area contributed by atoms with Crippen molar-refractivity contribution in [1.29, 1.82) is 0 Å². The largest absolute Gasteiger partial charge is 0.322 e. The van der Waals surface area contributed by atoms with Gasteiger partial charge in [-0.15, -0.1) is 0 Å². The quantitative estimate of drug-likeness (QED) is 0.327. The third-order valence-electron chi connectivity index (χ3n) is 5.36. The lowest BCUT2D eigenvalue weighted by molar-refractivity contribution is 0.0983. The molecule has 0 aliphatic carbocycles. The van der Waals surface area contributed by atoms with E-state index in [9.17, 15) is 9.59 Å². The van der Waals surface area contributed by atoms with E-state index in [4.69, 9.17) is 23.2 Å². The first-order valence-corrected chi connectivity index (χ1v) is 12.0. The number of amides is 2. The molecule has 4 aromatic rings. The molecule has 2 amide bonds. The van der Waals surface area contributed by atoms with Gasteiger partial charge in [0.25, 0.3) is 11.8 Å². The minimum absolute atomic E-state index is 0.148. The van der Waals surface area contributed by atoms with Crippen LogP contribution in [0.2, 0.25) is 10.0 Å². The van der Waals surface area contributed by atoms with Crippen LogP contribution in [-0.2, 0) is 6.54 Å². The summed E-state index contributed by atoms with van der Waals surface area (Å²) in [6.07, 6.45) is 1.73. The lowest BCUT2D eigenvalue weighted by Crippen LogP contribution is -2.30. The summed E-state index contributed by atoms with van der Waals surface area (Å²) < 4.78 is 0. The zero-order chi connectivity index (χ0) is 23.7. The van der Waals surface area contributed by atoms with Crippen LogP contribution in [0.3, 0.4) is 0 Å². The second-order valence-electron chi connectivity index (χ2n) is 7.58. The van der Waals surface area contributed by atoms with Gasteiger partial charge in [0.05, 0.1) is 22.8 Å². The van der Waals surface area contributed by atoms with E-state index in [1.165, 1.54) is 6.07 Å². The van der Waals surface area contributed by atoms with Crippen molar-refractivity contribution in [2.24, 2.45) is 0 Å². The van der Waals surface area contributed by atoms with E-state index in [1.807, 2.05) is 36.4 Å². The standard InChI is InChI=1S/C26H17Cl2N3O2S/c27-18-9-12-20(21(28)14-18)24(32)30-19-10-7-16(8-11-19)26(33)31-15-17-4-1-2-6-23(17)34-25-22(31)5-3-13-29-25/h1-14H,15H2,(H,30,32). The van der Waals surface area contributed by atoms with Crippen molar-refractivity contribution in [2.75, 3.05) is 10.2 Å². The summed E-state index contributed by atoms with van der Waals surface area (Å²) in [5.74, 6) is -0.507. The second-order valence-corrected chi connectivity index (χ2v) is 9.46. The molecule has 1 N–H and O–H groups in total. The summed E-state index contributed by atoms with van der Waals surface area (Å²) in [5, 5.41) is 4.30. The van der Waals surface area contributed by atoms with E-state index in [0.29, 0.717) is 28.4 Å². The van der Waals surface area contributed by atoms with Gasteiger partial charge in [0, 0.05) is 27.4 Å². The summed E-state index contributed by atoms with van der Waals surface area (Å²) in [4.78, 5) is 33.4. The van der Waals surface area contributed by atoms with Crippen LogP contribution in [-0.4, -0.2) is 16.8 Å². The molecule has 0 radical (unpaired) electrons. The Kier molecular flexibility index (Phi) is 6.28. The molecular weight excluding hydrogens is 489 g/mol. The van der Waals surface area contributed by atoms with Crippen LogP contribution in [0.1, 0.15) is 26.3 Å². The molecule has 0 bridgehead atoms. The molecule has 1 aromatic heterocycles. The molecule has 3 aromatic carbocycles. The lowest BCUT2D eigenvalue weighted by atomic mass is 10.1. The summed E-state index contributed by atoms with van der Waals surface area (Å²) in [7, 11) is 0. The minimum atomic E-state index is -0.359. The lowest BCUT2D eigenvalue weighted by Gasteiger charge is -2.22. The fourth-order valence-electron chi connectivity index (χ4n) is 3.67. The highest BCUT2D eigenvalue weighted by atomic mass is 35.5. The topological polar surface area (TPSA) is 62.3 Å². The van der Waals surface area contributed by atoms with Crippen LogP contribution in [0.4, 0.5) is 11.4 Å². The van der Waals surface area contributed by atoms with Gasteiger partial charge < -0.3 is 10.2 Å².